The predicted octanol–water partition coefficient (Wildman–Crippen LogP) is 5.11. The molecule has 4 nitrogen and oxygen atoms in total. The van der Waals surface area contributed by atoms with E-state index in [0.717, 1.165) is 5.69 Å². The van der Waals surface area contributed by atoms with E-state index in [-0.39, 0.29) is 5.91 Å². The molecule has 0 aromatic heterocycles. The molecule has 4 heteroatoms. The number of methoxy groups -OCH3 is 1. The SMILES string of the molecule is COc1cc(C(=O)Nc2ccc(C(C)C)cc2)ccc1OCC(C)C. The van der Waals surface area contributed by atoms with Gasteiger partial charge in [-0.25, -0.2) is 0 Å². The Hall–Kier alpha value is -2.49. The van der Waals surface area contributed by atoms with Crippen molar-refractivity contribution in [3.8, 4) is 11.5 Å². The molecule has 2 aromatic carbocycles. The van der Waals surface area contributed by atoms with Crippen LogP contribution in [0.5, 0.6) is 11.5 Å². The molecule has 2 rings (SSSR count). The number of nitrogens with one attached hydrogen (secondary N) is 1. The van der Waals surface area contributed by atoms with Crippen LogP contribution >= 0.6 is 0 Å². The van der Waals surface area contributed by atoms with Gasteiger partial charge in [-0.3, -0.25) is 4.79 Å². The molecular formula is C21H27NO3. The lowest BCUT2D eigenvalue weighted by Crippen LogP contribution is -2.12. The standard InChI is InChI=1S/C21H27NO3/c1-14(2)13-25-19-11-8-17(12-20(19)24-5)21(23)22-18-9-6-16(7-10-18)15(3)4/h6-12,14-15H,13H2,1-5H3,(H,22,23). The maximum Gasteiger partial charge on any atom is 0.255 e. The fourth-order valence-corrected chi connectivity index (χ4v) is 2.34. The van der Waals surface area contributed by atoms with Crippen molar-refractivity contribution in [3.63, 3.8) is 0 Å². The van der Waals surface area contributed by atoms with Crippen LogP contribution in [0.3, 0.4) is 0 Å². The molecule has 134 valence electrons. The zero-order valence-corrected chi connectivity index (χ0v) is 15.6. The van der Waals surface area contributed by atoms with Gasteiger partial charge in [0.05, 0.1) is 13.7 Å². The summed E-state index contributed by atoms with van der Waals surface area (Å²) in [5, 5.41) is 2.91. The molecule has 1 amide bonds. The second kappa shape index (κ2) is 8.56. The maximum absolute atomic E-state index is 12.5. The number of carbonyl (C=O) groups is 1. The first-order valence-corrected chi connectivity index (χ1v) is 8.63. The van der Waals surface area contributed by atoms with Crippen LogP contribution < -0.4 is 14.8 Å². The lowest BCUT2D eigenvalue weighted by molar-refractivity contribution is 0.102. The van der Waals surface area contributed by atoms with E-state index in [1.54, 1.807) is 25.3 Å². The number of hydrogen-bond donors (Lipinski definition) is 1. The number of anilines is 1. The molecule has 0 saturated heterocycles. The number of hydrogen-bond acceptors (Lipinski definition) is 3. The van der Waals surface area contributed by atoms with Gasteiger partial charge in [-0.05, 0) is 47.7 Å². The Balaban J connectivity index is 2.10. The average molecular weight is 341 g/mol. The van der Waals surface area contributed by atoms with Gasteiger partial charge < -0.3 is 14.8 Å². The summed E-state index contributed by atoms with van der Waals surface area (Å²) in [5.74, 6) is 1.91. The third-order valence-corrected chi connectivity index (χ3v) is 3.83. The van der Waals surface area contributed by atoms with Crippen LogP contribution in [-0.2, 0) is 0 Å². The quantitative estimate of drug-likeness (QED) is 0.761. The summed E-state index contributed by atoms with van der Waals surface area (Å²) in [6.07, 6.45) is 0. The lowest BCUT2D eigenvalue weighted by Gasteiger charge is -2.14. The second-order valence-corrected chi connectivity index (χ2v) is 6.80. The van der Waals surface area contributed by atoms with E-state index in [9.17, 15) is 4.79 Å². The molecule has 0 aliphatic heterocycles. The lowest BCUT2D eigenvalue weighted by atomic mass is 10.0. The molecule has 0 aliphatic rings. The van der Waals surface area contributed by atoms with Crippen molar-refractivity contribution in [2.45, 2.75) is 33.6 Å². The first-order chi connectivity index (χ1) is 11.9. The second-order valence-electron chi connectivity index (χ2n) is 6.80. The number of amides is 1. The normalized spacial score (nSPS) is 10.8. The van der Waals surface area contributed by atoms with E-state index in [1.165, 1.54) is 5.56 Å². The third-order valence-electron chi connectivity index (χ3n) is 3.83. The van der Waals surface area contributed by atoms with Crippen molar-refractivity contribution in [1.29, 1.82) is 0 Å². The molecule has 0 spiro atoms. The molecule has 0 fully saturated rings. The van der Waals surface area contributed by atoms with Crippen LogP contribution in [0.2, 0.25) is 0 Å². The molecule has 0 unspecified atom stereocenters. The molecule has 0 aliphatic carbocycles. The van der Waals surface area contributed by atoms with Crippen LogP contribution in [-0.4, -0.2) is 19.6 Å². The van der Waals surface area contributed by atoms with Crippen molar-refractivity contribution in [3.05, 3.63) is 53.6 Å². The summed E-state index contributed by atoms with van der Waals surface area (Å²) in [4.78, 5) is 12.5. The van der Waals surface area contributed by atoms with E-state index >= 15 is 0 Å². The van der Waals surface area contributed by atoms with Crippen LogP contribution in [0.25, 0.3) is 0 Å². The number of benzene rings is 2. The zero-order chi connectivity index (χ0) is 18.4. The van der Waals surface area contributed by atoms with E-state index in [0.29, 0.717) is 35.5 Å². The molecule has 1 N–H and O–H groups in total. The van der Waals surface area contributed by atoms with Gasteiger partial charge >= 0.3 is 0 Å². The van der Waals surface area contributed by atoms with E-state index in [2.05, 4.69) is 33.0 Å². The fraction of sp³-hybridized carbons (Fsp3) is 0.381. The molecule has 0 saturated carbocycles. The fourth-order valence-electron chi connectivity index (χ4n) is 2.34. The van der Waals surface area contributed by atoms with Crippen LogP contribution in [0.15, 0.2) is 42.5 Å². The predicted molar refractivity (Wildman–Crippen MR) is 102 cm³/mol. The van der Waals surface area contributed by atoms with Gasteiger partial charge in [0, 0.05) is 11.3 Å². The van der Waals surface area contributed by atoms with Crippen molar-refractivity contribution >= 4 is 11.6 Å². The molecule has 0 radical (unpaired) electrons. The van der Waals surface area contributed by atoms with Gasteiger partial charge in [0.25, 0.3) is 5.91 Å². The van der Waals surface area contributed by atoms with E-state index < -0.39 is 0 Å². The minimum Gasteiger partial charge on any atom is -0.493 e. The van der Waals surface area contributed by atoms with Crippen molar-refractivity contribution in [2.24, 2.45) is 5.92 Å². The smallest absolute Gasteiger partial charge is 0.255 e. The average Bonchev–Trinajstić information content (AvgIpc) is 2.60. The monoisotopic (exact) mass is 341 g/mol. The number of carbonyl (C=O) groups excluding carboxylic acids is 1. The van der Waals surface area contributed by atoms with Crippen molar-refractivity contribution in [2.75, 3.05) is 19.0 Å². The van der Waals surface area contributed by atoms with Gasteiger partial charge in [-0.1, -0.05) is 39.8 Å². The molecule has 0 heterocycles. The molecule has 2 aromatic rings. The largest absolute Gasteiger partial charge is 0.493 e. The van der Waals surface area contributed by atoms with Crippen molar-refractivity contribution in [1.82, 2.24) is 0 Å². The van der Waals surface area contributed by atoms with Gasteiger partial charge in [-0.2, -0.15) is 0 Å². The van der Waals surface area contributed by atoms with Gasteiger partial charge in [0.15, 0.2) is 11.5 Å². The van der Waals surface area contributed by atoms with Crippen molar-refractivity contribution < 1.29 is 14.3 Å². The number of rotatable bonds is 7. The Morgan fingerprint density at radius 2 is 1.68 bits per heavy atom. The topological polar surface area (TPSA) is 47.6 Å². The summed E-state index contributed by atoms with van der Waals surface area (Å²) in [5.41, 5.74) is 2.54. The highest BCUT2D eigenvalue weighted by atomic mass is 16.5. The zero-order valence-electron chi connectivity index (χ0n) is 15.6. The first kappa shape index (κ1) is 18.8. The summed E-state index contributed by atoms with van der Waals surface area (Å²) >= 11 is 0. The highest BCUT2D eigenvalue weighted by Crippen LogP contribution is 2.29. The molecular weight excluding hydrogens is 314 g/mol. The van der Waals surface area contributed by atoms with Crippen LogP contribution in [0.4, 0.5) is 5.69 Å². The van der Waals surface area contributed by atoms with E-state index in [4.69, 9.17) is 9.47 Å². The number of ether oxygens (including phenoxy) is 2. The minimum absolute atomic E-state index is 0.175. The molecule has 0 atom stereocenters. The van der Waals surface area contributed by atoms with Crippen LogP contribution in [0, 0.1) is 5.92 Å². The Morgan fingerprint density at radius 1 is 1.00 bits per heavy atom. The Kier molecular flexibility index (Phi) is 6.45. The maximum atomic E-state index is 12.5. The minimum atomic E-state index is -0.175. The Bertz CT molecular complexity index is 706. The summed E-state index contributed by atoms with van der Waals surface area (Å²) in [7, 11) is 1.57. The Labute approximate surface area is 150 Å². The summed E-state index contributed by atoms with van der Waals surface area (Å²) in [6.45, 7) is 9.05. The highest BCUT2D eigenvalue weighted by molar-refractivity contribution is 6.04. The highest BCUT2D eigenvalue weighted by Gasteiger charge is 2.12. The van der Waals surface area contributed by atoms with Gasteiger partial charge in [0.1, 0.15) is 0 Å². The summed E-state index contributed by atoms with van der Waals surface area (Å²) < 4.78 is 11.1. The van der Waals surface area contributed by atoms with E-state index in [1.807, 2.05) is 24.3 Å². The van der Waals surface area contributed by atoms with Crippen LogP contribution in [0.1, 0.15) is 49.5 Å². The summed E-state index contributed by atoms with van der Waals surface area (Å²) in [6, 6.07) is 13.1. The third kappa shape index (κ3) is 5.24. The van der Waals surface area contributed by atoms with Gasteiger partial charge in [-0.15, -0.1) is 0 Å². The van der Waals surface area contributed by atoms with Gasteiger partial charge in [0.2, 0.25) is 0 Å². The Morgan fingerprint density at radius 3 is 2.24 bits per heavy atom. The molecule has 25 heavy (non-hydrogen) atoms. The first-order valence-electron chi connectivity index (χ1n) is 8.63. The molecule has 0 bridgehead atoms.